The van der Waals surface area contributed by atoms with Crippen molar-refractivity contribution in [3.8, 4) is 17.0 Å². The van der Waals surface area contributed by atoms with Crippen LogP contribution in [0, 0.1) is 6.92 Å². The molecule has 5 heteroatoms. The Morgan fingerprint density at radius 2 is 1.61 bits per heavy atom. The first-order chi connectivity index (χ1) is 15.1. The number of aryl methyl sites for hydroxylation is 1. The van der Waals surface area contributed by atoms with Crippen LogP contribution in [-0.4, -0.2) is 17.0 Å². The maximum absolute atomic E-state index is 13.5. The third-order valence-corrected chi connectivity index (χ3v) is 6.28. The van der Waals surface area contributed by atoms with Crippen molar-refractivity contribution >= 4 is 22.9 Å². The van der Waals surface area contributed by atoms with Gasteiger partial charge in [0.1, 0.15) is 5.75 Å². The average molecular weight is 427 g/mol. The third kappa shape index (κ3) is 3.62. The number of carbonyl (C=O) groups excluding carboxylic acids is 1. The van der Waals surface area contributed by atoms with Gasteiger partial charge >= 0.3 is 0 Å². The maximum Gasteiger partial charge on any atom is 0.268 e. The number of hydrogen-bond acceptors (Lipinski definition) is 4. The van der Waals surface area contributed by atoms with Crippen molar-refractivity contribution in [2.45, 2.75) is 26.0 Å². The second-order valence-corrected chi connectivity index (χ2v) is 8.69. The molecule has 3 aromatic carbocycles. The Labute approximate surface area is 185 Å². The minimum Gasteiger partial charge on any atom is -0.479 e. The Kier molecular flexibility index (Phi) is 5.04. The smallest absolute Gasteiger partial charge is 0.268 e. The van der Waals surface area contributed by atoms with Crippen LogP contribution in [-0.2, 0) is 4.79 Å². The van der Waals surface area contributed by atoms with Crippen molar-refractivity contribution in [1.29, 1.82) is 0 Å². The molecule has 0 saturated carbocycles. The molecule has 0 aliphatic carbocycles. The number of nitrogens with zero attached hydrogens (tertiary/aromatic N) is 2. The van der Waals surface area contributed by atoms with Gasteiger partial charge < -0.3 is 4.74 Å². The highest BCUT2D eigenvalue weighted by atomic mass is 32.1. The van der Waals surface area contributed by atoms with E-state index in [9.17, 15) is 4.79 Å². The molecule has 1 aliphatic heterocycles. The third-order valence-electron chi connectivity index (χ3n) is 5.51. The van der Waals surface area contributed by atoms with Gasteiger partial charge in [0, 0.05) is 10.9 Å². The van der Waals surface area contributed by atoms with Crippen LogP contribution in [0.4, 0.5) is 5.69 Å². The Hall–Kier alpha value is -3.44. The van der Waals surface area contributed by atoms with Crippen molar-refractivity contribution < 1.29 is 9.53 Å². The minimum absolute atomic E-state index is 0.0585. The summed E-state index contributed by atoms with van der Waals surface area (Å²) < 4.78 is 5.98. The molecule has 1 amide bonds. The Balaban J connectivity index is 1.70. The fraction of sp³-hybridized carbons (Fsp3) is 0.154. The number of fused-ring (bicyclic) bond motifs is 1. The van der Waals surface area contributed by atoms with E-state index in [2.05, 4.69) is 29.2 Å². The van der Waals surface area contributed by atoms with Gasteiger partial charge in [-0.05, 0) is 43.2 Å². The van der Waals surface area contributed by atoms with Gasteiger partial charge in [0.15, 0.2) is 6.10 Å². The van der Waals surface area contributed by atoms with Gasteiger partial charge in [-0.25, -0.2) is 4.98 Å². The zero-order valence-corrected chi connectivity index (χ0v) is 18.2. The predicted octanol–water partition coefficient (Wildman–Crippen LogP) is 6.02. The van der Waals surface area contributed by atoms with Gasteiger partial charge in [0.2, 0.25) is 0 Å². The first-order valence-electron chi connectivity index (χ1n) is 10.3. The Morgan fingerprint density at radius 3 is 2.19 bits per heavy atom. The minimum atomic E-state index is -0.560. The van der Waals surface area contributed by atoms with Gasteiger partial charge in [0.25, 0.3) is 5.91 Å². The lowest BCUT2D eigenvalue weighted by Gasteiger charge is -2.39. The van der Waals surface area contributed by atoms with Crippen molar-refractivity contribution in [3.05, 3.63) is 100 Å². The van der Waals surface area contributed by atoms with Gasteiger partial charge in [0.05, 0.1) is 22.4 Å². The molecule has 0 N–H and O–H groups in total. The largest absolute Gasteiger partial charge is 0.479 e. The number of anilines is 1. The molecule has 5 rings (SSSR count). The lowest BCUT2D eigenvalue weighted by atomic mass is 9.94. The van der Waals surface area contributed by atoms with Crippen LogP contribution in [0.2, 0.25) is 0 Å². The number of benzene rings is 3. The number of rotatable bonds is 4. The zero-order valence-electron chi connectivity index (χ0n) is 17.4. The monoisotopic (exact) mass is 426 g/mol. The summed E-state index contributed by atoms with van der Waals surface area (Å²) in [6, 6.07) is 26.0. The van der Waals surface area contributed by atoms with E-state index in [0.29, 0.717) is 5.75 Å². The first-order valence-corrected chi connectivity index (χ1v) is 11.2. The summed E-state index contributed by atoms with van der Waals surface area (Å²) in [4.78, 5) is 20.0. The number of thiazole rings is 1. The number of aromatic nitrogens is 1. The summed E-state index contributed by atoms with van der Waals surface area (Å²) in [5, 5.41) is 3.05. The molecule has 0 saturated heterocycles. The standard InChI is InChI=1S/C26H22N2O2S/c1-17-26(29)28(25(19-9-5-3-6-10-19)20-11-7-4-8-12-20)23-15-21(13-14-24(23)30-17)22-16-31-18(2)27-22/h3-17,25H,1-2H3. The summed E-state index contributed by atoms with van der Waals surface area (Å²) in [5.74, 6) is 0.650. The van der Waals surface area contributed by atoms with Crippen LogP contribution in [0.1, 0.15) is 29.1 Å². The van der Waals surface area contributed by atoms with Crippen LogP contribution < -0.4 is 9.64 Å². The molecule has 154 valence electrons. The normalized spacial score (nSPS) is 15.6. The van der Waals surface area contributed by atoms with Crippen molar-refractivity contribution in [1.82, 2.24) is 4.98 Å². The molecule has 1 unspecified atom stereocenters. The molecule has 1 aromatic heterocycles. The molecule has 1 atom stereocenters. The fourth-order valence-electron chi connectivity index (χ4n) is 4.04. The van der Waals surface area contributed by atoms with Crippen LogP contribution in [0.3, 0.4) is 0 Å². The van der Waals surface area contributed by atoms with Crippen LogP contribution in [0.5, 0.6) is 5.75 Å². The van der Waals surface area contributed by atoms with E-state index < -0.39 is 6.10 Å². The lowest BCUT2D eigenvalue weighted by molar-refractivity contribution is -0.126. The molecule has 2 heterocycles. The topological polar surface area (TPSA) is 42.4 Å². The molecule has 0 spiro atoms. The van der Waals surface area contributed by atoms with E-state index in [1.54, 1.807) is 11.3 Å². The quantitative estimate of drug-likeness (QED) is 0.401. The van der Waals surface area contributed by atoms with E-state index in [4.69, 9.17) is 4.74 Å². The lowest BCUT2D eigenvalue weighted by Crippen LogP contribution is -2.46. The van der Waals surface area contributed by atoms with Gasteiger partial charge in [-0.1, -0.05) is 60.7 Å². The zero-order chi connectivity index (χ0) is 21.4. The SMILES string of the molecule is Cc1nc(-c2ccc3c(c2)N(C(c2ccccc2)c2ccccc2)C(=O)C(C)O3)cs1. The highest BCUT2D eigenvalue weighted by Gasteiger charge is 2.37. The summed E-state index contributed by atoms with van der Waals surface area (Å²) in [6.45, 7) is 3.80. The summed E-state index contributed by atoms with van der Waals surface area (Å²) in [6.07, 6.45) is -0.560. The van der Waals surface area contributed by atoms with E-state index in [-0.39, 0.29) is 11.9 Å². The molecule has 31 heavy (non-hydrogen) atoms. The van der Waals surface area contributed by atoms with E-state index in [1.165, 1.54) is 0 Å². The molecule has 0 radical (unpaired) electrons. The highest BCUT2D eigenvalue weighted by Crippen LogP contribution is 2.43. The van der Waals surface area contributed by atoms with Crippen LogP contribution >= 0.6 is 11.3 Å². The molecule has 4 nitrogen and oxygen atoms in total. The molecular formula is C26H22N2O2S. The molecular weight excluding hydrogens is 404 g/mol. The predicted molar refractivity (Wildman–Crippen MR) is 125 cm³/mol. The second-order valence-electron chi connectivity index (χ2n) is 7.63. The van der Waals surface area contributed by atoms with Gasteiger partial charge in [-0.3, -0.25) is 9.69 Å². The molecule has 0 fully saturated rings. The van der Waals surface area contributed by atoms with Crippen molar-refractivity contribution in [3.63, 3.8) is 0 Å². The van der Waals surface area contributed by atoms with E-state index >= 15 is 0 Å². The molecule has 4 aromatic rings. The average Bonchev–Trinajstić information content (AvgIpc) is 3.24. The van der Waals surface area contributed by atoms with Crippen LogP contribution in [0.15, 0.2) is 84.2 Å². The first kappa shape index (κ1) is 19.5. The second kappa shape index (κ2) is 8.00. The van der Waals surface area contributed by atoms with Gasteiger partial charge in [-0.15, -0.1) is 11.3 Å². The maximum atomic E-state index is 13.5. The summed E-state index contributed by atoms with van der Waals surface area (Å²) in [7, 11) is 0. The summed E-state index contributed by atoms with van der Waals surface area (Å²) >= 11 is 1.62. The van der Waals surface area contributed by atoms with Crippen molar-refractivity contribution in [2.24, 2.45) is 0 Å². The highest BCUT2D eigenvalue weighted by molar-refractivity contribution is 7.09. The Morgan fingerprint density at radius 1 is 0.968 bits per heavy atom. The van der Waals surface area contributed by atoms with E-state index in [1.807, 2.05) is 78.7 Å². The van der Waals surface area contributed by atoms with Gasteiger partial charge in [-0.2, -0.15) is 0 Å². The Bertz CT molecular complexity index is 1180. The number of hydrogen-bond donors (Lipinski definition) is 0. The van der Waals surface area contributed by atoms with Crippen molar-refractivity contribution in [2.75, 3.05) is 4.90 Å². The number of amides is 1. The molecule has 1 aliphatic rings. The number of ether oxygens (including phenoxy) is 1. The van der Waals surface area contributed by atoms with E-state index in [0.717, 1.165) is 33.1 Å². The van der Waals surface area contributed by atoms with Crippen LogP contribution in [0.25, 0.3) is 11.3 Å². The summed E-state index contributed by atoms with van der Waals surface area (Å²) in [5.41, 5.74) is 4.75. The number of carbonyl (C=O) groups is 1. The molecule has 0 bridgehead atoms. The fourth-order valence-corrected chi connectivity index (χ4v) is 4.67.